The number of benzene rings is 2. The van der Waals surface area contributed by atoms with E-state index in [1.54, 1.807) is 37.3 Å². The van der Waals surface area contributed by atoms with Crippen molar-refractivity contribution >= 4 is 22.9 Å². The lowest BCUT2D eigenvalue weighted by Crippen LogP contribution is -2.20. The number of hydrogen-bond acceptors (Lipinski definition) is 6. The van der Waals surface area contributed by atoms with Crippen molar-refractivity contribution < 1.29 is 19.0 Å². The fourth-order valence-corrected chi connectivity index (χ4v) is 2.82. The number of carbonyl (C=O) groups is 1. The van der Waals surface area contributed by atoms with Gasteiger partial charge in [-0.1, -0.05) is 30.4 Å². The van der Waals surface area contributed by atoms with Crippen LogP contribution in [0.25, 0.3) is 17.0 Å². The summed E-state index contributed by atoms with van der Waals surface area (Å²) in [6.45, 7) is 3.25. The van der Waals surface area contributed by atoms with Gasteiger partial charge in [-0.3, -0.25) is 4.79 Å². The quantitative estimate of drug-likeness (QED) is 0.615. The van der Waals surface area contributed by atoms with Gasteiger partial charge in [0.2, 0.25) is 0 Å². The van der Waals surface area contributed by atoms with Gasteiger partial charge in [-0.25, -0.2) is 9.78 Å². The lowest BCUT2D eigenvalue weighted by atomic mass is 10.2. The summed E-state index contributed by atoms with van der Waals surface area (Å²) in [6, 6.07) is 12.4. The number of allylic oxidation sites excluding steroid dienone is 1. The van der Waals surface area contributed by atoms with Crippen LogP contribution in [0.15, 0.2) is 53.3 Å². The van der Waals surface area contributed by atoms with Crippen molar-refractivity contribution in [2.75, 3.05) is 13.7 Å². The summed E-state index contributed by atoms with van der Waals surface area (Å²) in [6.07, 6.45) is 3.11. The van der Waals surface area contributed by atoms with Crippen LogP contribution < -0.4 is 15.0 Å². The SMILES string of the molecule is C/C=C/c1ccc(OCC(=O)O[C@H](C)c2nc3ccccc3c(=O)[nH]2)c(OC)c1. The highest BCUT2D eigenvalue weighted by atomic mass is 16.6. The average molecular weight is 394 g/mol. The van der Waals surface area contributed by atoms with Crippen LogP contribution in [0.3, 0.4) is 0 Å². The molecule has 0 fully saturated rings. The Morgan fingerprint density at radius 2 is 2.00 bits per heavy atom. The third-order valence-electron chi connectivity index (χ3n) is 4.22. The Labute approximate surface area is 168 Å². The van der Waals surface area contributed by atoms with Crippen molar-refractivity contribution in [1.29, 1.82) is 0 Å². The van der Waals surface area contributed by atoms with E-state index in [2.05, 4.69) is 9.97 Å². The number of ether oxygens (including phenoxy) is 3. The summed E-state index contributed by atoms with van der Waals surface area (Å²) in [5.41, 5.74) is 1.21. The zero-order chi connectivity index (χ0) is 20.8. The minimum Gasteiger partial charge on any atom is -0.493 e. The largest absolute Gasteiger partial charge is 0.493 e. The molecule has 7 heteroatoms. The van der Waals surface area contributed by atoms with Gasteiger partial charge in [-0.15, -0.1) is 0 Å². The molecule has 0 unspecified atom stereocenters. The van der Waals surface area contributed by atoms with E-state index >= 15 is 0 Å². The van der Waals surface area contributed by atoms with Crippen molar-refractivity contribution in [1.82, 2.24) is 9.97 Å². The Kier molecular flexibility index (Phi) is 6.29. The standard InChI is InChI=1S/C22H22N2O5/c1-4-7-15-10-11-18(19(12-15)27-3)28-13-20(25)29-14(2)21-23-17-9-6-5-8-16(17)22(26)24-21/h4-12,14H,13H2,1-3H3,(H,23,24,26)/b7-4+/t14-/m1/s1. The van der Waals surface area contributed by atoms with E-state index in [1.807, 2.05) is 31.2 Å². The molecule has 29 heavy (non-hydrogen) atoms. The minimum atomic E-state index is -0.734. The minimum absolute atomic E-state index is 0.273. The number of para-hydroxylation sites is 1. The molecule has 7 nitrogen and oxygen atoms in total. The van der Waals surface area contributed by atoms with Gasteiger partial charge in [-0.05, 0) is 43.7 Å². The van der Waals surface area contributed by atoms with Crippen molar-refractivity contribution in [3.8, 4) is 11.5 Å². The smallest absolute Gasteiger partial charge is 0.344 e. The van der Waals surface area contributed by atoms with Gasteiger partial charge in [-0.2, -0.15) is 0 Å². The Hall–Kier alpha value is -3.61. The Balaban J connectivity index is 1.66. The van der Waals surface area contributed by atoms with Gasteiger partial charge in [0.1, 0.15) is 0 Å². The van der Waals surface area contributed by atoms with Gasteiger partial charge in [0.15, 0.2) is 30.0 Å². The number of carbonyl (C=O) groups excluding carboxylic acids is 1. The number of H-pyrrole nitrogens is 1. The monoisotopic (exact) mass is 394 g/mol. The molecule has 0 saturated carbocycles. The number of aromatic amines is 1. The number of nitrogens with zero attached hydrogens (tertiary/aromatic N) is 1. The fourth-order valence-electron chi connectivity index (χ4n) is 2.82. The first-order chi connectivity index (χ1) is 14.0. The molecule has 3 aromatic rings. The van der Waals surface area contributed by atoms with Crippen LogP contribution in [0.1, 0.15) is 31.3 Å². The number of rotatable bonds is 7. The molecule has 0 amide bonds. The molecule has 1 N–H and O–H groups in total. The highest BCUT2D eigenvalue weighted by Crippen LogP contribution is 2.28. The van der Waals surface area contributed by atoms with Gasteiger partial charge < -0.3 is 19.2 Å². The second-order valence-corrected chi connectivity index (χ2v) is 6.30. The normalized spacial score (nSPS) is 12.1. The summed E-state index contributed by atoms with van der Waals surface area (Å²) in [4.78, 5) is 31.4. The first kappa shape index (κ1) is 20.1. The maximum Gasteiger partial charge on any atom is 0.344 e. The van der Waals surface area contributed by atoms with Crippen LogP contribution in [0.2, 0.25) is 0 Å². The third kappa shape index (κ3) is 4.82. The predicted octanol–water partition coefficient (Wildman–Crippen LogP) is 3.65. The number of esters is 1. The molecule has 1 atom stereocenters. The maximum absolute atomic E-state index is 12.2. The first-order valence-electron chi connectivity index (χ1n) is 9.13. The molecule has 0 bridgehead atoms. The molecule has 0 spiro atoms. The zero-order valence-corrected chi connectivity index (χ0v) is 16.5. The molecule has 0 radical (unpaired) electrons. The van der Waals surface area contributed by atoms with Crippen LogP contribution in [-0.2, 0) is 9.53 Å². The second-order valence-electron chi connectivity index (χ2n) is 6.30. The zero-order valence-electron chi connectivity index (χ0n) is 16.5. The molecule has 1 heterocycles. The number of hydrogen-bond donors (Lipinski definition) is 1. The molecule has 0 saturated heterocycles. The van der Waals surface area contributed by atoms with Crippen molar-refractivity contribution in [3.05, 3.63) is 70.3 Å². The van der Waals surface area contributed by atoms with E-state index in [4.69, 9.17) is 14.2 Å². The summed E-state index contributed by atoms with van der Waals surface area (Å²) < 4.78 is 16.2. The Morgan fingerprint density at radius 1 is 1.21 bits per heavy atom. The molecular formula is C22H22N2O5. The Bertz CT molecular complexity index is 1100. The highest BCUT2D eigenvalue weighted by molar-refractivity contribution is 5.77. The van der Waals surface area contributed by atoms with Crippen molar-refractivity contribution in [3.63, 3.8) is 0 Å². The summed E-state index contributed by atoms with van der Waals surface area (Å²) >= 11 is 0. The molecule has 0 aliphatic rings. The molecule has 3 rings (SSSR count). The van der Waals surface area contributed by atoms with Crippen molar-refractivity contribution in [2.24, 2.45) is 0 Å². The van der Waals surface area contributed by atoms with Crippen LogP contribution in [-0.4, -0.2) is 29.7 Å². The topological polar surface area (TPSA) is 90.5 Å². The highest BCUT2D eigenvalue weighted by Gasteiger charge is 2.17. The lowest BCUT2D eigenvalue weighted by molar-refractivity contribution is -0.151. The van der Waals surface area contributed by atoms with Crippen molar-refractivity contribution in [2.45, 2.75) is 20.0 Å². The number of methoxy groups -OCH3 is 1. The lowest BCUT2D eigenvalue weighted by Gasteiger charge is -2.14. The maximum atomic E-state index is 12.2. The number of fused-ring (bicyclic) bond motifs is 1. The van der Waals surface area contributed by atoms with E-state index in [1.165, 1.54) is 7.11 Å². The van der Waals surface area contributed by atoms with E-state index in [-0.39, 0.29) is 18.0 Å². The molecule has 150 valence electrons. The summed E-state index contributed by atoms with van der Waals surface area (Å²) in [5.74, 6) is 0.632. The molecule has 0 aliphatic carbocycles. The molecular weight excluding hydrogens is 372 g/mol. The van der Waals surface area contributed by atoms with E-state index in [0.717, 1.165) is 5.56 Å². The fraction of sp³-hybridized carbons (Fsp3) is 0.227. The second kappa shape index (κ2) is 9.05. The van der Waals surface area contributed by atoms with E-state index < -0.39 is 12.1 Å². The van der Waals surface area contributed by atoms with Gasteiger partial charge in [0, 0.05) is 0 Å². The average Bonchev–Trinajstić information content (AvgIpc) is 2.72. The van der Waals surface area contributed by atoms with Crippen LogP contribution in [0, 0.1) is 0 Å². The number of nitrogens with one attached hydrogen (secondary N) is 1. The van der Waals surface area contributed by atoms with Crippen LogP contribution in [0.5, 0.6) is 11.5 Å². The third-order valence-corrected chi connectivity index (χ3v) is 4.22. The molecule has 1 aromatic heterocycles. The summed E-state index contributed by atoms with van der Waals surface area (Å²) in [7, 11) is 1.53. The van der Waals surface area contributed by atoms with Crippen LogP contribution in [0.4, 0.5) is 0 Å². The molecule has 0 aliphatic heterocycles. The van der Waals surface area contributed by atoms with E-state index in [0.29, 0.717) is 22.4 Å². The van der Waals surface area contributed by atoms with Gasteiger partial charge in [0.05, 0.1) is 18.0 Å². The molecule has 2 aromatic carbocycles. The predicted molar refractivity (Wildman–Crippen MR) is 110 cm³/mol. The summed E-state index contributed by atoms with van der Waals surface area (Å²) in [5, 5.41) is 0.478. The van der Waals surface area contributed by atoms with Crippen LogP contribution >= 0.6 is 0 Å². The Morgan fingerprint density at radius 3 is 2.76 bits per heavy atom. The van der Waals surface area contributed by atoms with Gasteiger partial charge in [0.25, 0.3) is 5.56 Å². The van der Waals surface area contributed by atoms with Gasteiger partial charge >= 0.3 is 5.97 Å². The first-order valence-corrected chi connectivity index (χ1v) is 9.13. The number of aromatic nitrogens is 2. The van der Waals surface area contributed by atoms with E-state index in [9.17, 15) is 9.59 Å².